The third-order valence-corrected chi connectivity index (χ3v) is 6.11. The Bertz CT molecular complexity index is 977. The van der Waals surface area contributed by atoms with Gasteiger partial charge < -0.3 is 4.74 Å². The lowest BCUT2D eigenvalue weighted by molar-refractivity contribution is -0.145. The van der Waals surface area contributed by atoms with Crippen LogP contribution in [0.15, 0.2) is 70.5 Å². The maximum Gasteiger partial charge on any atom is 0.416 e. The summed E-state index contributed by atoms with van der Waals surface area (Å²) >= 11 is 0. The minimum atomic E-state index is -4.58. The van der Waals surface area contributed by atoms with Crippen LogP contribution in [0, 0.1) is 0 Å². The predicted molar refractivity (Wildman–Crippen MR) is 86.6 cm³/mol. The number of cyclic esters (lactones) is 1. The van der Waals surface area contributed by atoms with Crippen molar-refractivity contribution in [3.63, 3.8) is 0 Å². The van der Waals surface area contributed by atoms with Gasteiger partial charge in [0, 0.05) is 11.6 Å². The molecule has 0 unspecified atom stereocenters. The summed E-state index contributed by atoms with van der Waals surface area (Å²) in [4.78, 5) is 11.1. The largest absolute Gasteiger partial charge is 0.446 e. The summed E-state index contributed by atoms with van der Waals surface area (Å²) in [7, 11) is -4.24. The Labute approximate surface area is 147 Å². The molecule has 4 nitrogen and oxygen atoms in total. The number of rotatable bonds is 3. The molecule has 2 aromatic rings. The first-order valence-electron chi connectivity index (χ1n) is 7.48. The van der Waals surface area contributed by atoms with E-state index in [-0.39, 0.29) is 9.80 Å². The SMILES string of the molecule is C[C@]1(c2ccccc2)OC(=O)C=C1S(=O)(=O)c1ccc(C(F)(F)F)cc1. The lowest BCUT2D eigenvalue weighted by atomic mass is 9.96. The van der Waals surface area contributed by atoms with Gasteiger partial charge in [0.05, 0.1) is 10.5 Å². The fourth-order valence-corrected chi connectivity index (χ4v) is 4.44. The number of carbonyl (C=O) groups is 1. The van der Waals surface area contributed by atoms with Gasteiger partial charge in [-0.1, -0.05) is 30.3 Å². The Kier molecular flexibility index (Phi) is 4.18. The van der Waals surface area contributed by atoms with E-state index in [1.165, 1.54) is 6.92 Å². The average Bonchev–Trinajstić information content (AvgIpc) is 2.92. The highest BCUT2D eigenvalue weighted by Crippen LogP contribution is 2.43. The first kappa shape index (κ1) is 18.2. The van der Waals surface area contributed by atoms with Gasteiger partial charge in [0.1, 0.15) is 4.91 Å². The second-order valence-electron chi connectivity index (χ2n) is 5.85. The molecule has 0 spiro atoms. The molecule has 0 N–H and O–H groups in total. The van der Waals surface area contributed by atoms with Crippen molar-refractivity contribution < 1.29 is 31.1 Å². The number of halogens is 3. The van der Waals surface area contributed by atoms with Crippen LogP contribution in [0.5, 0.6) is 0 Å². The van der Waals surface area contributed by atoms with E-state index < -0.39 is 33.1 Å². The van der Waals surface area contributed by atoms with Gasteiger partial charge in [-0.3, -0.25) is 0 Å². The average molecular weight is 382 g/mol. The van der Waals surface area contributed by atoms with Crippen LogP contribution in [0.25, 0.3) is 0 Å². The van der Waals surface area contributed by atoms with E-state index in [1.54, 1.807) is 30.3 Å². The molecule has 0 amide bonds. The smallest absolute Gasteiger partial charge is 0.416 e. The third kappa shape index (κ3) is 3.01. The molecule has 0 fully saturated rings. The van der Waals surface area contributed by atoms with Gasteiger partial charge in [-0.05, 0) is 31.2 Å². The van der Waals surface area contributed by atoms with Crippen molar-refractivity contribution in [3.05, 3.63) is 76.7 Å². The fraction of sp³-hybridized carbons (Fsp3) is 0.167. The van der Waals surface area contributed by atoms with Gasteiger partial charge in [-0.25, -0.2) is 13.2 Å². The molecule has 1 atom stereocenters. The second-order valence-corrected chi connectivity index (χ2v) is 7.77. The van der Waals surface area contributed by atoms with Crippen molar-refractivity contribution in [2.24, 2.45) is 0 Å². The predicted octanol–water partition coefficient (Wildman–Crippen LogP) is 3.84. The minimum Gasteiger partial charge on any atom is -0.446 e. The van der Waals surface area contributed by atoms with Gasteiger partial charge in [-0.15, -0.1) is 0 Å². The molecule has 2 aromatic carbocycles. The Balaban J connectivity index is 2.08. The topological polar surface area (TPSA) is 60.4 Å². The number of carbonyl (C=O) groups excluding carboxylic acids is 1. The Hall–Kier alpha value is -2.61. The first-order valence-corrected chi connectivity index (χ1v) is 8.96. The number of benzene rings is 2. The lowest BCUT2D eigenvalue weighted by Gasteiger charge is -2.27. The molecular weight excluding hydrogens is 369 g/mol. The maximum atomic E-state index is 12.9. The molecule has 3 rings (SSSR count). The van der Waals surface area contributed by atoms with Gasteiger partial charge in [0.25, 0.3) is 0 Å². The van der Waals surface area contributed by atoms with Gasteiger partial charge in [0.15, 0.2) is 5.60 Å². The molecule has 0 aromatic heterocycles. The molecule has 1 aliphatic rings. The molecule has 0 bridgehead atoms. The zero-order valence-corrected chi connectivity index (χ0v) is 14.3. The van der Waals surface area contributed by atoms with Crippen molar-refractivity contribution in [1.29, 1.82) is 0 Å². The van der Waals surface area contributed by atoms with Crippen molar-refractivity contribution in [1.82, 2.24) is 0 Å². The van der Waals surface area contributed by atoms with E-state index in [4.69, 9.17) is 4.74 Å². The number of ether oxygens (including phenoxy) is 1. The van der Waals surface area contributed by atoms with Crippen LogP contribution < -0.4 is 0 Å². The standard InChI is InChI=1S/C18H13F3O4S/c1-17(12-5-3-2-4-6-12)15(11-16(22)25-17)26(23,24)14-9-7-13(8-10-14)18(19,20)21/h2-11H,1H3/t17-/m1/s1. The molecule has 0 saturated heterocycles. The summed E-state index contributed by atoms with van der Waals surface area (Å²) in [5.74, 6) is -0.832. The molecule has 0 saturated carbocycles. The van der Waals surface area contributed by atoms with E-state index >= 15 is 0 Å². The molecule has 8 heteroatoms. The lowest BCUT2D eigenvalue weighted by Crippen LogP contribution is -2.29. The quantitative estimate of drug-likeness (QED) is 0.757. The van der Waals surface area contributed by atoms with Crippen LogP contribution in [-0.2, 0) is 31.1 Å². The molecule has 136 valence electrons. The highest BCUT2D eigenvalue weighted by Gasteiger charge is 2.47. The van der Waals surface area contributed by atoms with Crippen LogP contribution in [0.1, 0.15) is 18.1 Å². The molecule has 26 heavy (non-hydrogen) atoms. The molecule has 1 aliphatic heterocycles. The molecule has 0 radical (unpaired) electrons. The first-order chi connectivity index (χ1) is 12.0. The number of hydrogen-bond donors (Lipinski definition) is 0. The Morgan fingerprint density at radius 2 is 1.54 bits per heavy atom. The highest BCUT2D eigenvalue weighted by atomic mass is 32.2. The van der Waals surface area contributed by atoms with Crippen LogP contribution in [0.3, 0.4) is 0 Å². The van der Waals surface area contributed by atoms with Crippen LogP contribution in [0.2, 0.25) is 0 Å². The number of esters is 1. The fourth-order valence-electron chi connectivity index (χ4n) is 2.77. The summed E-state index contributed by atoms with van der Waals surface area (Å²) in [5, 5.41) is 0. The number of alkyl halides is 3. The summed E-state index contributed by atoms with van der Waals surface area (Å²) < 4.78 is 69.2. The number of sulfone groups is 1. The highest BCUT2D eigenvalue weighted by molar-refractivity contribution is 7.95. The normalized spacial score (nSPS) is 20.6. The minimum absolute atomic E-state index is 0.319. The summed E-state index contributed by atoms with van der Waals surface area (Å²) in [6.45, 7) is 1.43. The zero-order valence-electron chi connectivity index (χ0n) is 13.4. The number of hydrogen-bond acceptors (Lipinski definition) is 4. The molecule has 0 aliphatic carbocycles. The van der Waals surface area contributed by atoms with E-state index in [9.17, 15) is 26.4 Å². The second kappa shape index (κ2) is 5.98. The van der Waals surface area contributed by atoms with Crippen molar-refractivity contribution in [2.75, 3.05) is 0 Å². The van der Waals surface area contributed by atoms with E-state index in [0.29, 0.717) is 17.7 Å². The zero-order chi connectivity index (χ0) is 19.2. The van der Waals surface area contributed by atoms with Gasteiger partial charge in [-0.2, -0.15) is 13.2 Å². The van der Waals surface area contributed by atoms with Gasteiger partial charge in [0.2, 0.25) is 9.84 Å². The van der Waals surface area contributed by atoms with E-state index in [1.807, 2.05) is 0 Å². The molecular formula is C18H13F3O4S. The third-order valence-electron chi connectivity index (χ3n) is 4.13. The van der Waals surface area contributed by atoms with Crippen molar-refractivity contribution >= 4 is 15.8 Å². The van der Waals surface area contributed by atoms with Crippen molar-refractivity contribution in [2.45, 2.75) is 23.6 Å². The summed E-state index contributed by atoms with van der Waals surface area (Å²) in [6, 6.07) is 11.4. The van der Waals surface area contributed by atoms with Crippen LogP contribution in [-0.4, -0.2) is 14.4 Å². The summed E-state index contributed by atoms with van der Waals surface area (Å²) in [5.41, 5.74) is -2.08. The Morgan fingerprint density at radius 1 is 0.962 bits per heavy atom. The Morgan fingerprint density at radius 3 is 2.08 bits per heavy atom. The maximum absolute atomic E-state index is 12.9. The van der Waals surface area contributed by atoms with E-state index in [2.05, 4.69) is 0 Å². The van der Waals surface area contributed by atoms with Crippen LogP contribution in [0.4, 0.5) is 13.2 Å². The van der Waals surface area contributed by atoms with Crippen molar-refractivity contribution in [3.8, 4) is 0 Å². The van der Waals surface area contributed by atoms with E-state index in [0.717, 1.165) is 18.2 Å². The monoisotopic (exact) mass is 382 g/mol. The molecule has 1 heterocycles. The summed E-state index contributed by atoms with van der Waals surface area (Å²) in [6.07, 6.45) is -3.72. The van der Waals surface area contributed by atoms with Gasteiger partial charge >= 0.3 is 12.1 Å². The van der Waals surface area contributed by atoms with Crippen LogP contribution >= 0.6 is 0 Å².